The first-order chi connectivity index (χ1) is 5.47. The maximum atomic E-state index is 6.07. The van der Waals surface area contributed by atoms with E-state index in [9.17, 15) is 0 Å². The summed E-state index contributed by atoms with van der Waals surface area (Å²) in [6, 6.07) is 1.29. The van der Waals surface area contributed by atoms with Crippen molar-refractivity contribution in [2.45, 2.75) is 51.4 Å². The molecule has 1 heterocycles. The average Bonchev–Trinajstić information content (AvgIpc) is 1.83. The van der Waals surface area contributed by atoms with Gasteiger partial charge in [-0.05, 0) is 45.8 Å². The Morgan fingerprint density at radius 1 is 1.42 bits per heavy atom. The van der Waals surface area contributed by atoms with Crippen molar-refractivity contribution in [2.75, 3.05) is 0 Å². The van der Waals surface area contributed by atoms with Gasteiger partial charge in [0.25, 0.3) is 0 Å². The highest BCUT2D eigenvalue weighted by molar-refractivity contribution is 6.71. The predicted octanol–water partition coefficient (Wildman–Crippen LogP) is 2.78. The zero-order valence-corrected chi connectivity index (χ0v) is 9.53. The van der Waals surface area contributed by atoms with Crippen LogP contribution < -0.4 is 0 Å². The third-order valence-electron chi connectivity index (χ3n) is 2.32. The van der Waals surface area contributed by atoms with E-state index in [-0.39, 0.29) is 5.60 Å². The van der Waals surface area contributed by atoms with Crippen molar-refractivity contribution >= 4 is 8.32 Å². The Morgan fingerprint density at radius 2 is 2.08 bits per heavy atom. The van der Waals surface area contributed by atoms with Gasteiger partial charge in [-0.15, -0.1) is 5.92 Å². The van der Waals surface area contributed by atoms with Gasteiger partial charge in [-0.1, -0.05) is 5.92 Å². The monoisotopic (exact) mass is 182 g/mol. The first-order valence-electron chi connectivity index (χ1n) is 4.62. The van der Waals surface area contributed by atoms with Crippen LogP contribution in [-0.2, 0) is 4.43 Å². The van der Waals surface area contributed by atoms with Gasteiger partial charge in [-0.2, -0.15) is 0 Å². The maximum Gasteiger partial charge on any atom is 0.188 e. The molecule has 0 amide bonds. The lowest BCUT2D eigenvalue weighted by Crippen LogP contribution is -2.45. The van der Waals surface area contributed by atoms with E-state index in [0.29, 0.717) is 0 Å². The van der Waals surface area contributed by atoms with Gasteiger partial charge in [0.1, 0.15) is 5.60 Å². The summed E-state index contributed by atoms with van der Waals surface area (Å²) < 4.78 is 6.07. The van der Waals surface area contributed by atoms with E-state index in [2.05, 4.69) is 31.9 Å². The molecule has 1 nitrogen and oxygen atoms in total. The molecule has 68 valence electrons. The topological polar surface area (TPSA) is 9.23 Å². The van der Waals surface area contributed by atoms with Crippen LogP contribution >= 0.6 is 0 Å². The summed E-state index contributed by atoms with van der Waals surface area (Å²) in [4.78, 5) is 0. The Hall–Kier alpha value is -0.263. The molecule has 0 N–H and O–H groups in total. The first kappa shape index (κ1) is 9.82. The molecule has 0 radical (unpaired) electrons. The maximum absolute atomic E-state index is 6.07. The van der Waals surface area contributed by atoms with Gasteiger partial charge in [0.15, 0.2) is 8.32 Å². The molecule has 0 spiro atoms. The number of hydrogen-bond acceptors (Lipinski definition) is 1. The summed E-state index contributed by atoms with van der Waals surface area (Å²) in [7, 11) is -1.37. The molecule has 1 unspecified atom stereocenters. The summed E-state index contributed by atoms with van der Waals surface area (Å²) in [5.41, 5.74) is -0.136. The second-order valence-corrected chi connectivity index (χ2v) is 8.54. The number of hydrogen-bond donors (Lipinski definition) is 0. The van der Waals surface area contributed by atoms with Crippen molar-refractivity contribution in [3.05, 3.63) is 0 Å². The molecule has 1 fully saturated rings. The molecule has 0 aromatic carbocycles. The van der Waals surface area contributed by atoms with Crippen LogP contribution in [0.2, 0.25) is 19.1 Å². The molecule has 0 aromatic rings. The summed E-state index contributed by atoms with van der Waals surface area (Å²) in [6.07, 6.45) is 2.38. The van der Waals surface area contributed by atoms with Crippen molar-refractivity contribution in [3.63, 3.8) is 0 Å². The Bertz CT molecular complexity index is 224. The molecule has 12 heavy (non-hydrogen) atoms. The van der Waals surface area contributed by atoms with Crippen molar-refractivity contribution < 1.29 is 4.43 Å². The zero-order valence-electron chi connectivity index (χ0n) is 8.53. The second kappa shape index (κ2) is 3.24. The molecule has 2 heteroatoms. The van der Waals surface area contributed by atoms with Crippen molar-refractivity contribution in [1.82, 2.24) is 0 Å². The molecule has 1 rings (SSSR count). The highest BCUT2D eigenvalue weighted by Gasteiger charge is 2.37. The Labute approximate surface area is 76.6 Å². The Kier molecular flexibility index (Phi) is 2.65. The normalized spacial score (nSPS) is 33.7. The second-order valence-electron chi connectivity index (χ2n) is 4.32. The Balaban J connectivity index is 2.72. The van der Waals surface area contributed by atoms with Crippen LogP contribution in [0.3, 0.4) is 0 Å². The fourth-order valence-electron chi connectivity index (χ4n) is 1.92. The molecule has 0 aromatic heterocycles. The molecular weight excluding hydrogens is 164 g/mol. The number of rotatable bonds is 0. The van der Waals surface area contributed by atoms with Gasteiger partial charge in [0.05, 0.1) is 0 Å². The van der Waals surface area contributed by atoms with Gasteiger partial charge in [0, 0.05) is 0 Å². The molecule has 0 saturated carbocycles. The average molecular weight is 182 g/mol. The lowest BCUT2D eigenvalue weighted by molar-refractivity contribution is 0.111. The van der Waals surface area contributed by atoms with Crippen LogP contribution in [-0.4, -0.2) is 13.9 Å². The molecular formula is C10H18OSi. The minimum atomic E-state index is -1.37. The summed E-state index contributed by atoms with van der Waals surface area (Å²) in [5.74, 6) is 6.14. The first-order valence-corrected chi connectivity index (χ1v) is 7.73. The van der Waals surface area contributed by atoms with Gasteiger partial charge in [-0.25, -0.2) is 0 Å². The summed E-state index contributed by atoms with van der Waals surface area (Å²) in [5, 5.41) is 0. The molecule has 1 aliphatic heterocycles. The van der Waals surface area contributed by atoms with Crippen molar-refractivity contribution in [3.8, 4) is 11.8 Å². The smallest absolute Gasteiger partial charge is 0.188 e. The molecule has 1 aliphatic rings. The summed E-state index contributed by atoms with van der Waals surface area (Å²) in [6.45, 7) is 8.57. The van der Waals surface area contributed by atoms with Gasteiger partial charge < -0.3 is 4.43 Å². The highest BCUT2D eigenvalue weighted by Crippen LogP contribution is 2.32. The van der Waals surface area contributed by atoms with E-state index in [4.69, 9.17) is 4.43 Å². The largest absolute Gasteiger partial charge is 0.402 e. The van der Waals surface area contributed by atoms with Crippen LogP contribution in [0.5, 0.6) is 0 Å². The molecule has 1 saturated heterocycles. The lowest BCUT2D eigenvalue weighted by atomic mass is 10.0. The van der Waals surface area contributed by atoms with Crippen LogP contribution in [0.25, 0.3) is 0 Å². The van der Waals surface area contributed by atoms with E-state index >= 15 is 0 Å². The fourth-order valence-corrected chi connectivity index (χ4v) is 4.42. The summed E-state index contributed by atoms with van der Waals surface area (Å²) >= 11 is 0. The molecule has 1 atom stereocenters. The van der Waals surface area contributed by atoms with Gasteiger partial charge >= 0.3 is 0 Å². The van der Waals surface area contributed by atoms with Crippen LogP contribution in [0.15, 0.2) is 0 Å². The minimum absolute atomic E-state index is 0.136. The van der Waals surface area contributed by atoms with Crippen molar-refractivity contribution in [2.24, 2.45) is 0 Å². The fraction of sp³-hybridized carbons (Fsp3) is 0.800. The third-order valence-corrected chi connectivity index (χ3v) is 4.88. The van der Waals surface area contributed by atoms with E-state index in [1.54, 1.807) is 0 Å². The van der Waals surface area contributed by atoms with Crippen molar-refractivity contribution in [1.29, 1.82) is 0 Å². The van der Waals surface area contributed by atoms with Gasteiger partial charge in [0.2, 0.25) is 0 Å². The zero-order chi connectivity index (χ0) is 9.24. The van der Waals surface area contributed by atoms with E-state index in [1.165, 1.54) is 12.5 Å². The third kappa shape index (κ3) is 2.36. The molecule has 0 bridgehead atoms. The van der Waals surface area contributed by atoms with E-state index in [1.807, 2.05) is 6.92 Å². The quantitative estimate of drug-likeness (QED) is 0.413. The predicted molar refractivity (Wildman–Crippen MR) is 54.5 cm³/mol. The van der Waals surface area contributed by atoms with Crippen LogP contribution in [0.1, 0.15) is 26.7 Å². The van der Waals surface area contributed by atoms with Crippen LogP contribution in [0, 0.1) is 11.8 Å². The highest BCUT2D eigenvalue weighted by atomic mass is 28.4. The standard InChI is InChI=1S/C10H18OSi/c1-5-7-10(2)8-6-9-12(3,4)11-10/h6,8-9H2,1-4H3. The lowest BCUT2D eigenvalue weighted by Gasteiger charge is -2.39. The Morgan fingerprint density at radius 3 is 2.58 bits per heavy atom. The SMILES string of the molecule is CC#CC1(C)CCC[Si](C)(C)O1. The van der Waals surface area contributed by atoms with E-state index in [0.717, 1.165) is 6.42 Å². The van der Waals surface area contributed by atoms with E-state index < -0.39 is 8.32 Å². The molecule has 0 aliphatic carbocycles. The van der Waals surface area contributed by atoms with Gasteiger partial charge in [-0.3, -0.25) is 0 Å². The minimum Gasteiger partial charge on any atom is -0.402 e. The van der Waals surface area contributed by atoms with Crippen LogP contribution in [0.4, 0.5) is 0 Å².